The van der Waals surface area contributed by atoms with Crippen molar-refractivity contribution in [1.29, 1.82) is 0 Å². The summed E-state index contributed by atoms with van der Waals surface area (Å²) in [7, 11) is 0. The van der Waals surface area contributed by atoms with Gasteiger partial charge in [0, 0.05) is 48.8 Å². The van der Waals surface area contributed by atoms with Gasteiger partial charge in [-0.05, 0) is 50.5 Å². The van der Waals surface area contributed by atoms with E-state index in [1.54, 1.807) is 0 Å². The van der Waals surface area contributed by atoms with Gasteiger partial charge in [-0.2, -0.15) is 0 Å². The highest BCUT2D eigenvalue weighted by Gasteiger charge is 2.27. The van der Waals surface area contributed by atoms with E-state index in [2.05, 4.69) is 21.2 Å². The summed E-state index contributed by atoms with van der Waals surface area (Å²) in [6.07, 6.45) is 2.28. The van der Waals surface area contributed by atoms with Crippen LogP contribution in [0.2, 0.25) is 0 Å². The maximum atomic E-state index is 12.5. The lowest BCUT2D eigenvalue weighted by Crippen LogP contribution is -2.43. The van der Waals surface area contributed by atoms with E-state index in [0.29, 0.717) is 38.4 Å². The van der Waals surface area contributed by atoms with Crippen LogP contribution in [0.4, 0.5) is 0 Å². The van der Waals surface area contributed by atoms with Crippen molar-refractivity contribution in [1.82, 2.24) is 10.2 Å². The van der Waals surface area contributed by atoms with E-state index in [4.69, 9.17) is 4.74 Å². The molecule has 0 spiro atoms. The van der Waals surface area contributed by atoms with Crippen molar-refractivity contribution < 1.29 is 14.3 Å². The Balaban J connectivity index is 1.73. The Morgan fingerprint density at radius 3 is 2.54 bits per heavy atom. The fourth-order valence-corrected chi connectivity index (χ4v) is 3.06. The second kappa shape index (κ2) is 9.79. The van der Waals surface area contributed by atoms with E-state index >= 15 is 0 Å². The molecule has 1 aromatic carbocycles. The molecule has 0 atom stereocenters. The maximum absolute atomic E-state index is 12.5. The molecule has 0 aromatic heterocycles. The molecule has 1 aliphatic rings. The lowest BCUT2D eigenvalue weighted by atomic mass is 9.95. The number of hydrogen-bond acceptors (Lipinski definition) is 3. The van der Waals surface area contributed by atoms with Gasteiger partial charge in [0.1, 0.15) is 0 Å². The van der Waals surface area contributed by atoms with Crippen LogP contribution in [0.3, 0.4) is 0 Å². The van der Waals surface area contributed by atoms with Gasteiger partial charge >= 0.3 is 0 Å². The van der Waals surface area contributed by atoms with Crippen LogP contribution in [-0.4, -0.2) is 49.6 Å². The van der Waals surface area contributed by atoms with Crippen LogP contribution in [0.25, 0.3) is 0 Å². The maximum Gasteiger partial charge on any atom is 0.253 e. The third-order valence-corrected chi connectivity index (χ3v) is 4.74. The standard InChI is InChI=1S/C18H25BrN2O3/c1-2-24-13-3-10-20-17(22)14-8-11-21(12-9-14)18(23)15-4-6-16(19)7-5-15/h4-7,14H,2-3,8-13H2,1H3,(H,20,22). The van der Waals surface area contributed by atoms with E-state index in [9.17, 15) is 9.59 Å². The van der Waals surface area contributed by atoms with Gasteiger partial charge < -0.3 is 15.0 Å². The molecule has 1 aliphatic heterocycles. The highest BCUT2D eigenvalue weighted by Crippen LogP contribution is 2.20. The van der Waals surface area contributed by atoms with Crippen LogP contribution in [0.1, 0.15) is 36.5 Å². The Morgan fingerprint density at radius 2 is 1.92 bits per heavy atom. The first-order chi connectivity index (χ1) is 11.6. The zero-order chi connectivity index (χ0) is 17.4. The van der Waals surface area contributed by atoms with E-state index in [0.717, 1.165) is 23.7 Å². The van der Waals surface area contributed by atoms with E-state index < -0.39 is 0 Å². The summed E-state index contributed by atoms with van der Waals surface area (Å²) in [5, 5.41) is 2.97. The van der Waals surface area contributed by atoms with Crippen LogP contribution in [-0.2, 0) is 9.53 Å². The van der Waals surface area contributed by atoms with Crippen molar-refractivity contribution in [2.45, 2.75) is 26.2 Å². The molecule has 1 fully saturated rings. The number of rotatable bonds is 7. The third kappa shape index (κ3) is 5.60. The van der Waals surface area contributed by atoms with Crippen molar-refractivity contribution in [3.8, 4) is 0 Å². The van der Waals surface area contributed by atoms with Crippen LogP contribution in [0, 0.1) is 5.92 Å². The van der Waals surface area contributed by atoms with Gasteiger partial charge in [0.2, 0.25) is 5.91 Å². The van der Waals surface area contributed by atoms with E-state index in [1.165, 1.54) is 0 Å². The third-order valence-electron chi connectivity index (χ3n) is 4.21. The predicted octanol–water partition coefficient (Wildman–Crippen LogP) is 2.84. The van der Waals surface area contributed by atoms with Crippen molar-refractivity contribution in [2.75, 3.05) is 32.8 Å². The number of hydrogen-bond donors (Lipinski definition) is 1. The highest BCUT2D eigenvalue weighted by atomic mass is 79.9. The summed E-state index contributed by atoms with van der Waals surface area (Å²) in [6, 6.07) is 7.39. The molecular formula is C18H25BrN2O3. The van der Waals surface area contributed by atoms with Gasteiger partial charge in [0.25, 0.3) is 5.91 Å². The molecule has 0 saturated carbocycles. The Labute approximate surface area is 151 Å². The molecule has 132 valence electrons. The first-order valence-electron chi connectivity index (χ1n) is 8.52. The minimum atomic E-state index is 0.00561. The van der Waals surface area contributed by atoms with Crippen LogP contribution in [0.15, 0.2) is 28.7 Å². The minimum Gasteiger partial charge on any atom is -0.382 e. The number of likely N-dealkylation sites (tertiary alicyclic amines) is 1. The second-order valence-electron chi connectivity index (χ2n) is 5.91. The average Bonchev–Trinajstić information content (AvgIpc) is 2.61. The van der Waals surface area contributed by atoms with Crippen LogP contribution < -0.4 is 5.32 Å². The van der Waals surface area contributed by atoms with Crippen molar-refractivity contribution in [3.63, 3.8) is 0 Å². The summed E-state index contributed by atoms with van der Waals surface area (Å²) in [4.78, 5) is 26.4. The number of halogens is 1. The molecule has 1 saturated heterocycles. The number of piperidine rings is 1. The smallest absolute Gasteiger partial charge is 0.253 e. The fraction of sp³-hybridized carbons (Fsp3) is 0.556. The molecule has 1 N–H and O–H groups in total. The molecule has 24 heavy (non-hydrogen) atoms. The first kappa shape index (κ1) is 18.9. The number of carbonyl (C=O) groups is 2. The zero-order valence-corrected chi connectivity index (χ0v) is 15.7. The topological polar surface area (TPSA) is 58.6 Å². The Morgan fingerprint density at radius 1 is 1.25 bits per heavy atom. The number of nitrogens with zero attached hydrogens (tertiary/aromatic N) is 1. The van der Waals surface area contributed by atoms with Crippen molar-refractivity contribution in [3.05, 3.63) is 34.3 Å². The number of ether oxygens (including phenoxy) is 1. The summed E-state index contributed by atoms with van der Waals surface area (Å²) < 4.78 is 6.21. The number of amides is 2. The lowest BCUT2D eigenvalue weighted by molar-refractivity contribution is -0.126. The predicted molar refractivity (Wildman–Crippen MR) is 96.9 cm³/mol. The molecule has 6 heteroatoms. The number of nitrogens with one attached hydrogen (secondary N) is 1. The molecule has 0 aliphatic carbocycles. The molecule has 1 aromatic rings. The van der Waals surface area contributed by atoms with Crippen molar-refractivity contribution in [2.24, 2.45) is 5.92 Å². The van der Waals surface area contributed by atoms with Gasteiger partial charge in [-0.3, -0.25) is 9.59 Å². The molecule has 0 unspecified atom stereocenters. The SMILES string of the molecule is CCOCCCNC(=O)C1CCN(C(=O)c2ccc(Br)cc2)CC1. The number of carbonyl (C=O) groups excluding carboxylic acids is 2. The quantitative estimate of drug-likeness (QED) is 0.720. The summed E-state index contributed by atoms with van der Waals surface area (Å²) >= 11 is 3.37. The molecule has 2 rings (SSSR count). The van der Waals surface area contributed by atoms with Crippen molar-refractivity contribution >= 4 is 27.7 Å². The first-order valence-corrected chi connectivity index (χ1v) is 9.31. The van der Waals surface area contributed by atoms with Gasteiger partial charge in [-0.15, -0.1) is 0 Å². The van der Waals surface area contributed by atoms with Crippen LogP contribution in [0.5, 0.6) is 0 Å². The second-order valence-corrected chi connectivity index (χ2v) is 6.83. The van der Waals surface area contributed by atoms with E-state index in [1.807, 2.05) is 36.1 Å². The van der Waals surface area contributed by atoms with Gasteiger partial charge in [-0.1, -0.05) is 15.9 Å². The van der Waals surface area contributed by atoms with E-state index in [-0.39, 0.29) is 17.7 Å². The van der Waals surface area contributed by atoms with Gasteiger partial charge in [-0.25, -0.2) is 0 Å². The van der Waals surface area contributed by atoms with Crippen LogP contribution >= 0.6 is 15.9 Å². The Bertz CT molecular complexity index is 540. The summed E-state index contributed by atoms with van der Waals surface area (Å²) in [5.74, 6) is 0.145. The molecule has 0 radical (unpaired) electrons. The zero-order valence-electron chi connectivity index (χ0n) is 14.1. The average molecular weight is 397 g/mol. The fourth-order valence-electron chi connectivity index (χ4n) is 2.79. The molecule has 1 heterocycles. The van der Waals surface area contributed by atoms with Gasteiger partial charge in [0.15, 0.2) is 0 Å². The Hall–Kier alpha value is -1.40. The minimum absolute atomic E-state index is 0.00561. The highest BCUT2D eigenvalue weighted by molar-refractivity contribution is 9.10. The Kier molecular flexibility index (Phi) is 7.72. The molecule has 0 bridgehead atoms. The lowest BCUT2D eigenvalue weighted by Gasteiger charge is -2.31. The van der Waals surface area contributed by atoms with Gasteiger partial charge in [0.05, 0.1) is 0 Å². The molecule has 5 nitrogen and oxygen atoms in total. The normalized spacial score (nSPS) is 15.3. The molecule has 2 amide bonds. The summed E-state index contributed by atoms with van der Waals surface area (Å²) in [5.41, 5.74) is 0.692. The summed E-state index contributed by atoms with van der Waals surface area (Å²) in [6.45, 7) is 5.26. The monoisotopic (exact) mass is 396 g/mol. The number of benzene rings is 1. The largest absolute Gasteiger partial charge is 0.382 e. The molecular weight excluding hydrogens is 372 g/mol.